The Kier molecular flexibility index (Phi) is 4.51. The maximum Gasteiger partial charge on any atom is 0.224 e. The second-order valence-electron chi connectivity index (χ2n) is 6.71. The van der Waals surface area contributed by atoms with Gasteiger partial charge in [0.1, 0.15) is 0 Å². The van der Waals surface area contributed by atoms with E-state index >= 15 is 0 Å². The van der Waals surface area contributed by atoms with Crippen molar-refractivity contribution in [2.75, 3.05) is 6.54 Å². The van der Waals surface area contributed by atoms with E-state index in [0.29, 0.717) is 13.0 Å². The number of hydrogen-bond donors (Lipinski definition) is 1. The highest BCUT2D eigenvalue weighted by molar-refractivity contribution is 5.90. The van der Waals surface area contributed by atoms with Crippen LogP contribution in [-0.4, -0.2) is 22.2 Å². The average Bonchev–Trinajstić information content (AvgIpc) is 3.05. The van der Waals surface area contributed by atoms with E-state index in [0.717, 1.165) is 30.3 Å². The van der Waals surface area contributed by atoms with Gasteiger partial charge in [0.2, 0.25) is 5.91 Å². The molecule has 128 valence electrons. The Bertz CT molecular complexity index is 892. The van der Waals surface area contributed by atoms with Crippen molar-refractivity contribution in [3.8, 4) is 0 Å². The Morgan fingerprint density at radius 1 is 1.08 bits per heavy atom. The summed E-state index contributed by atoms with van der Waals surface area (Å²) >= 11 is 0. The van der Waals surface area contributed by atoms with Crippen molar-refractivity contribution in [2.45, 2.75) is 38.6 Å². The zero-order valence-corrected chi connectivity index (χ0v) is 14.4. The fourth-order valence-corrected chi connectivity index (χ4v) is 3.73. The molecule has 4 nitrogen and oxygen atoms in total. The Hall–Kier alpha value is -2.62. The molecule has 0 saturated heterocycles. The smallest absolute Gasteiger partial charge is 0.224 e. The van der Waals surface area contributed by atoms with Crippen LogP contribution in [0.5, 0.6) is 0 Å². The first-order valence-corrected chi connectivity index (χ1v) is 9.08. The van der Waals surface area contributed by atoms with E-state index < -0.39 is 0 Å². The Balaban J connectivity index is 1.36. The van der Waals surface area contributed by atoms with E-state index in [1.54, 1.807) is 0 Å². The largest absolute Gasteiger partial charge is 0.354 e. The van der Waals surface area contributed by atoms with E-state index in [1.807, 2.05) is 30.5 Å². The van der Waals surface area contributed by atoms with Crippen molar-refractivity contribution in [3.63, 3.8) is 0 Å². The van der Waals surface area contributed by atoms with Crippen molar-refractivity contribution < 1.29 is 4.79 Å². The van der Waals surface area contributed by atoms with E-state index in [1.165, 1.54) is 29.5 Å². The summed E-state index contributed by atoms with van der Waals surface area (Å²) in [5.41, 5.74) is 3.81. The molecule has 0 fully saturated rings. The number of fused-ring (bicyclic) bond motifs is 2. The first-order valence-electron chi connectivity index (χ1n) is 9.08. The molecule has 4 heteroatoms. The van der Waals surface area contributed by atoms with E-state index in [2.05, 4.69) is 33.3 Å². The van der Waals surface area contributed by atoms with Gasteiger partial charge < -0.3 is 5.32 Å². The summed E-state index contributed by atoms with van der Waals surface area (Å²) < 4.78 is 2.06. The van der Waals surface area contributed by atoms with Crippen molar-refractivity contribution in [2.24, 2.45) is 0 Å². The number of aromatic nitrogens is 2. The number of carbonyl (C=O) groups is 1. The Labute approximate surface area is 147 Å². The highest BCUT2D eigenvalue weighted by atomic mass is 16.1. The number of benzene rings is 2. The van der Waals surface area contributed by atoms with Gasteiger partial charge in [-0.25, -0.2) is 0 Å². The average molecular weight is 333 g/mol. The minimum absolute atomic E-state index is 0.0670. The molecule has 0 atom stereocenters. The van der Waals surface area contributed by atoms with E-state index in [-0.39, 0.29) is 5.91 Å². The molecule has 0 unspecified atom stereocenters. The number of nitrogens with zero attached hydrogens (tertiary/aromatic N) is 2. The maximum atomic E-state index is 12.3. The van der Waals surface area contributed by atoms with Gasteiger partial charge in [0.05, 0.1) is 19.2 Å². The number of aryl methyl sites for hydroxylation is 1. The third kappa shape index (κ3) is 3.43. The quantitative estimate of drug-likeness (QED) is 0.779. The maximum absolute atomic E-state index is 12.3. The second kappa shape index (κ2) is 7.09. The molecular weight excluding hydrogens is 310 g/mol. The molecule has 1 aliphatic carbocycles. The fraction of sp³-hybridized carbons (Fsp3) is 0.333. The van der Waals surface area contributed by atoms with Gasteiger partial charge in [0.15, 0.2) is 0 Å². The van der Waals surface area contributed by atoms with Gasteiger partial charge in [-0.05, 0) is 47.6 Å². The van der Waals surface area contributed by atoms with Crippen molar-refractivity contribution in [3.05, 3.63) is 65.5 Å². The first kappa shape index (κ1) is 15.9. The minimum Gasteiger partial charge on any atom is -0.354 e. The second-order valence-corrected chi connectivity index (χ2v) is 6.71. The summed E-state index contributed by atoms with van der Waals surface area (Å²) in [5, 5.41) is 9.86. The van der Waals surface area contributed by atoms with Crippen LogP contribution in [0, 0.1) is 0 Å². The summed E-state index contributed by atoms with van der Waals surface area (Å²) in [6, 6.07) is 14.3. The van der Waals surface area contributed by atoms with Gasteiger partial charge in [-0.1, -0.05) is 42.5 Å². The van der Waals surface area contributed by atoms with Crippen LogP contribution in [0.1, 0.15) is 29.7 Å². The molecule has 4 rings (SSSR count). The number of nitrogens with one attached hydrogen (secondary N) is 1. The molecule has 25 heavy (non-hydrogen) atoms. The molecule has 1 N–H and O–H groups in total. The summed E-state index contributed by atoms with van der Waals surface area (Å²) in [6.45, 7) is 1.37. The van der Waals surface area contributed by atoms with Gasteiger partial charge in [-0.3, -0.25) is 9.48 Å². The molecule has 0 saturated carbocycles. The van der Waals surface area contributed by atoms with Gasteiger partial charge in [0.25, 0.3) is 0 Å². The van der Waals surface area contributed by atoms with Crippen molar-refractivity contribution >= 4 is 16.7 Å². The van der Waals surface area contributed by atoms with Gasteiger partial charge in [-0.2, -0.15) is 5.10 Å². The number of hydrogen-bond acceptors (Lipinski definition) is 2. The first-order chi connectivity index (χ1) is 12.3. The van der Waals surface area contributed by atoms with E-state index in [9.17, 15) is 4.79 Å². The minimum atomic E-state index is 0.0670. The molecule has 0 bridgehead atoms. The molecule has 0 aliphatic heterocycles. The van der Waals surface area contributed by atoms with Crippen LogP contribution >= 0.6 is 0 Å². The van der Waals surface area contributed by atoms with Crippen LogP contribution in [0.25, 0.3) is 10.8 Å². The zero-order valence-electron chi connectivity index (χ0n) is 14.4. The standard InChI is InChI=1S/C21H23N3O/c25-21(14-17-9-5-8-16-6-1-3-10-19(16)17)22-12-13-24-20-11-4-2-7-18(20)15-23-24/h1,3,5-6,8-10,15H,2,4,7,11-14H2,(H,22,25). The van der Waals surface area contributed by atoms with Crippen LogP contribution in [0.15, 0.2) is 48.7 Å². The lowest BCUT2D eigenvalue weighted by Crippen LogP contribution is -2.29. The summed E-state index contributed by atoms with van der Waals surface area (Å²) in [6.07, 6.45) is 7.17. The lowest BCUT2D eigenvalue weighted by atomic mass is 9.98. The fourth-order valence-electron chi connectivity index (χ4n) is 3.73. The molecule has 2 aromatic carbocycles. The third-order valence-electron chi connectivity index (χ3n) is 5.02. The summed E-state index contributed by atoms with van der Waals surface area (Å²) in [4.78, 5) is 12.3. The molecule has 0 radical (unpaired) electrons. The molecular formula is C21H23N3O. The highest BCUT2D eigenvalue weighted by Crippen LogP contribution is 2.20. The van der Waals surface area contributed by atoms with Crippen LogP contribution in [0.2, 0.25) is 0 Å². The van der Waals surface area contributed by atoms with Crippen LogP contribution in [-0.2, 0) is 30.6 Å². The molecule has 1 aromatic heterocycles. The summed E-state index contributed by atoms with van der Waals surface area (Å²) in [5.74, 6) is 0.0670. The lowest BCUT2D eigenvalue weighted by molar-refractivity contribution is -0.120. The molecule has 3 aromatic rings. The molecule has 0 spiro atoms. The predicted octanol–water partition coefficient (Wildman–Crippen LogP) is 3.27. The number of amides is 1. The van der Waals surface area contributed by atoms with Crippen LogP contribution < -0.4 is 5.32 Å². The molecule has 1 heterocycles. The normalized spacial score (nSPS) is 13.6. The van der Waals surface area contributed by atoms with Crippen molar-refractivity contribution in [1.82, 2.24) is 15.1 Å². The lowest BCUT2D eigenvalue weighted by Gasteiger charge is -2.14. The molecule has 1 aliphatic rings. The Morgan fingerprint density at radius 2 is 1.92 bits per heavy atom. The van der Waals surface area contributed by atoms with Gasteiger partial charge >= 0.3 is 0 Å². The van der Waals surface area contributed by atoms with Crippen LogP contribution in [0.4, 0.5) is 0 Å². The monoisotopic (exact) mass is 333 g/mol. The third-order valence-corrected chi connectivity index (χ3v) is 5.02. The number of carbonyl (C=O) groups excluding carboxylic acids is 1. The summed E-state index contributed by atoms with van der Waals surface area (Å²) in [7, 11) is 0. The van der Waals surface area contributed by atoms with Crippen molar-refractivity contribution in [1.29, 1.82) is 0 Å². The Morgan fingerprint density at radius 3 is 2.88 bits per heavy atom. The molecule has 1 amide bonds. The highest BCUT2D eigenvalue weighted by Gasteiger charge is 2.14. The van der Waals surface area contributed by atoms with E-state index in [4.69, 9.17) is 0 Å². The SMILES string of the molecule is O=C(Cc1cccc2ccccc12)NCCn1ncc2c1CCCC2. The zero-order chi connectivity index (χ0) is 17.1. The van der Waals surface area contributed by atoms with Gasteiger partial charge in [-0.15, -0.1) is 0 Å². The predicted molar refractivity (Wildman–Crippen MR) is 99.5 cm³/mol. The number of rotatable bonds is 5. The van der Waals surface area contributed by atoms with Crippen LogP contribution in [0.3, 0.4) is 0 Å². The topological polar surface area (TPSA) is 46.9 Å². The van der Waals surface area contributed by atoms with Gasteiger partial charge in [0, 0.05) is 12.2 Å².